The van der Waals surface area contributed by atoms with Crippen LogP contribution in [0.15, 0.2) is 47.6 Å². The van der Waals surface area contributed by atoms with Crippen LogP contribution in [-0.4, -0.2) is 12.3 Å². The van der Waals surface area contributed by atoms with Crippen LogP contribution in [0.2, 0.25) is 0 Å². The topological polar surface area (TPSA) is 21.6 Å². The Morgan fingerprint density at radius 3 is 2.15 bits per heavy atom. The monoisotopic (exact) mass is 273 g/mol. The van der Waals surface area contributed by atoms with Crippen molar-refractivity contribution in [1.82, 2.24) is 0 Å². The molecule has 0 aliphatic rings. The predicted octanol–water partition coefficient (Wildman–Crippen LogP) is 5.65. The normalized spacial score (nSPS) is 10.0. The summed E-state index contributed by atoms with van der Waals surface area (Å²) in [4.78, 5) is 5.05. The lowest BCUT2D eigenvalue weighted by Crippen LogP contribution is -1.96. The SMILES string of the molecule is CC.CC.CCON=C(C)c1ccc2ccccc2c1. The van der Waals surface area contributed by atoms with Crippen LogP contribution in [0.25, 0.3) is 10.8 Å². The summed E-state index contributed by atoms with van der Waals surface area (Å²) in [5, 5.41) is 6.51. The Bertz CT molecular complexity index is 518. The fourth-order valence-corrected chi connectivity index (χ4v) is 1.63. The molecule has 0 aliphatic carbocycles. The molecule has 2 aromatic rings. The van der Waals surface area contributed by atoms with E-state index in [4.69, 9.17) is 4.84 Å². The van der Waals surface area contributed by atoms with E-state index in [1.54, 1.807) is 0 Å². The van der Waals surface area contributed by atoms with Crippen molar-refractivity contribution >= 4 is 16.5 Å². The maximum absolute atomic E-state index is 5.05. The van der Waals surface area contributed by atoms with Gasteiger partial charge in [-0.25, -0.2) is 0 Å². The number of nitrogens with zero attached hydrogens (tertiary/aromatic N) is 1. The summed E-state index contributed by atoms with van der Waals surface area (Å²) in [5.41, 5.74) is 2.01. The number of fused-ring (bicyclic) bond motifs is 1. The average molecular weight is 273 g/mol. The van der Waals surface area contributed by atoms with Crippen LogP contribution in [0.3, 0.4) is 0 Å². The molecule has 2 rings (SSSR count). The zero-order chi connectivity index (χ0) is 15.4. The Morgan fingerprint density at radius 1 is 0.950 bits per heavy atom. The van der Waals surface area contributed by atoms with Gasteiger partial charge in [0.05, 0.1) is 5.71 Å². The fraction of sp³-hybridized carbons (Fsp3) is 0.389. The molecule has 20 heavy (non-hydrogen) atoms. The number of oxime groups is 1. The maximum atomic E-state index is 5.05. The van der Waals surface area contributed by atoms with Crippen LogP contribution in [0.5, 0.6) is 0 Å². The molecule has 2 nitrogen and oxygen atoms in total. The molecule has 0 bridgehead atoms. The first-order valence-electron chi connectivity index (χ1n) is 7.47. The fourth-order valence-electron chi connectivity index (χ4n) is 1.63. The van der Waals surface area contributed by atoms with Crippen molar-refractivity contribution in [3.8, 4) is 0 Å². The lowest BCUT2D eigenvalue weighted by atomic mass is 10.0. The summed E-state index contributed by atoms with van der Waals surface area (Å²) in [6.45, 7) is 12.5. The average Bonchev–Trinajstić information content (AvgIpc) is 2.56. The van der Waals surface area contributed by atoms with Crippen LogP contribution in [0.1, 0.15) is 47.1 Å². The summed E-state index contributed by atoms with van der Waals surface area (Å²) < 4.78 is 0. The van der Waals surface area contributed by atoms with E-state index in [1.807, 2.05) is 53.7 Å². The number of hydrogen-bond acceptors (Lipinski definition) is 2. The van der Waals surface area contributed by atoms with E-state index in [0.717, 1.165) is 11.3 Å². The Hall–Kier alpha value is -1.83. The van der Waals surface area contributed by atoms with Gasteiger partial charge in [-0.1, -0.05) is 69.2 Å². The van der Waals surface area contributed by atoms with Crippen molar-refractivity contribution in [1.29, 1.82) is 0 Å². The van der Waals surface area contributed by atoms with Gasteiger partial charge in [-0.05, 0) is 36.2 Å². The molecule has 0 N–H and O–H groups in total. The summed E-state index contributed by atoms with van der Waals surface area (Å²) in [6, 6.07) is 14.6. The smallest absolute Gasteiger partial charge is 0.114 e. The molecule has 110 valence electrons. The van der Waals surface area contributed by atoms with Crippen LogP contribution >= 0.6 is 0 Å². The molecule has 0 aromatic heterocycles. The maximum Gasteiger partial charge on any atom is 0.114 e. The van der Waals surface area contributed by atoms with Crippen molar-refractivity contribution in [3.05, 3.63) is 48.0 Å². The van der Waals surface area contributed by atoms with Gasteiger partial charge in [0.2, 0.25) is 0 Å². The van der Waals surface area contributed by atoms with E-state index >= 15 is 0 Å². The van der Waals surface area contributed by atoms with Gasteiger partial charge in [0, 0.05) is 0 Å². The quantitative estimate of drug-likeness (QED) is 0.523. The van der Waals surface area contributed by atoms with E-state index < -0.39 is 0 Å². The van der Waals surface area contributed by atoms with E-state index in [9.17, 15) is 0 Å². The molecule has 0 amide bonds. The molecular weight excluding hydrogens is 246 g/mol. The minimum absolute atomic E-state index is 0.602. The van der Waals surface area contributed by atoms with Crippen molar-refractivity contribution < 1.29 is 4.84 Å². The Labute approximate surface area is 123 Å². The largest absolute Gasteiger partial charge is 0.396 e. The standard InChI is InChI=1S/C14H15NO.2C2H6/c1-3-16-15-11(2)13-9-8-12-6-4-5-7-14(12)10-13;2*1-2/h4-10H,3H2,1-2H3;2*1-2H3. The van der Waals surface area contributed by atoms with Gasteiger partial charge in [0.1, 0.15) is 6.61 Å². The van der Waals surface area contributed by atoms with Crippen molar-refractivity contribution in [3.63, 3.8) is 0 Å². The highest BCUT2D eigenvalue weighted by Gasteiger charge is 1.99. The zero-order valence-electron chi connectivity index (χ0n) is 13.6. The first-order chi connectivity index (χ1) is 9.81. The van der Waals surface area contributed by atoms with Gasteiger partial charge >= 0.3 is 0 Å². The van der Waals surface area contributed by atoms with Crippen LogP contribution in [0.4, 0.5) is 0 Å². The van der Waals surface area contributed by atoms with Gasteiger partial charge in [-0.15, -0.1) is 0 Å². The van der Waals surface area contributed by atoms with E-state index in [1.165, 1.54) is 10.8 Å². The first-order valence-corrected chi connectivity index (χ1v) is 7.47. The van der Waals surface area contributed by atoms with E-state index in [2.05, 4.69) is 35.5 Å². The number of benzene rings is 2. The molecular formula is C18H27NO. The van der Waals surface area contributed by atoms with Crippen LogP contribution < -0.4 is 0 Å². The van der Waals surface area contributed by atoms with Crippen LogP contribution in [-0.2, 0) is 4.84 Å². The predicted molar refractivity (Wildman–Crippen MR) is 90.5 cm³/mol. The van der Waals surface area contributed by atoms with E-state index in [0.29, 0.717) is 6.61 Å². The van der Waals surface area contributed by atoms with Gasteiger partial charge in [0.25, 0.3) is 0 Å². The molecule has 0 spiro atoms. The highest BCUT2D eigenvalue weighted by Crippen LogP contribution is 2.16. The minimum Gasteiger partial charge on any atom is -0.396 e. The molecule has 2 heteroatoms. The second-order valence-electron chi connectivity index (χ2n) is 3.66. The molecule has 0 atom stereocenters. The van der Waals surface area contributed by atoms with Crippen molar-refractivity contribution in [2.75, 3.05) is 6.61 Å². The molecule has 0 unspecified atom stereocenters. The summed E-state index contributed by atoms with van der Waals surface area (Å²) in [7, 11) is 0. The molecule has 0 heterocycles. The Morgan fingerprint density at radius 2 is 1.55 bits per heavy atom. The second kappa shape index (κ2) is 11.0. The van der Waals surface area contributed by atoms with Gasteiger partial charge in [0.15, 0.2) is 0 Å². The van der Waals surface area contributed by atoms with Crippen molar-refractivity contribution in [2.45, 2.75) is 41.5 Å². The van der Waals surface area contributed by atoms with E-state index in [-0.39, 0.29) is 0 Å². The third-order valence-corrected chi connectivity index (χ3v) is 2.50. The molecule has 0 radical (unpaired) electrons. The molecule has 0 saturated heterocycles. The molecule has 0 saturated carbocycles. The lowest BCUT2D eigenvalue weighted by molar-refractivity contribution is 0.159. The van der Waals surface area contributed by atoms with Crippen LogP contribution in [0, 0.1) is 0 Å². The lowest BCUT2D eigenvalue weighted by Gasteiger charge is -2.03. The number of hydrogen-bond donors (Lipinski definition) is 0. The zero-order valence-corrected chi connectivity index (χ0v) is 13.6. The third-order valence-electron chi connectivity index (χ3n) is 2.50. The summed E-state index contributed by atoms with van der Waals surface area (Å²) in [5.74, 6) is 0. The highest BCUT2D eigenvalue weighted by molar-refractivity contribution is 6.01. The van der Waals surface area contributed by atoms with Gasteiger partial charge in [-0.2, -0.15) is 0 Å². The Kier molecular flexibility index (Phi) is 10.0. The second-order valence-corrected chi connectivity index (χ2v) is 3.66. The number of rotatable bonds is 3. The summed E-state index contributed by atoms with van der Waals surface area (Å²) >= 11 is 0. The molecule has 0 fully saturated rings. The van der Waals surface area contributed by atoms with Crippen molar-refractivity contribution in [2.24, 2.45) is 5.16 Å². The molecule has 2 aromatic carbocycles. The molecule has 0 aliphatic heterocycles. The highest BCUT2D eigenvalue weighted by atomic mass is 16.6. The third kappa shape index (κ3) is 5.43. The Balaban J connectivity index is 0.000000829. The van der Waals surface area contributed by atoms with Gasteiger partial charge in [-0.3, -0.25) is 0 Å². The minimum atomic E-state index is 0.602. The summed E-state index contributed by atoms with van der Waals surface area (Å²) in [6.07, 6.45) is 0. The van der Waals surface area contributed by atoms with Gasteiger partial charge < -0.3 is 4.84 Å². The first kappa shape index (κ1) is 18.2.